The third-order valence-electron chi connectivity index (χ3n) is 4.71. The van der Waals surface area contributed by atoms with Gasteiger partial charge in [0.2, 0.25) is 0 Å². The lowest BCUT2D eigenvalue weighted by Gasteiger charge is -2.32. The average molecular weight is 385 g/mol. The Hall–Kier alpha value is -2.67. The van der Waals surface area contributed by atoms with Crippen LogP contribution in [0.4, 0.5) is 10.2 Å². The number of hydrogen-bond acceptors (Lipinski definition) is 4. The normalized spacial score (nSPS) is 17.5. The number of morpholine rings is 1. The summed E-state index contributed by atoms with van der Waals surface area (Å²) in [6, 6.07) is 10.7. The number of pyridine rings is 1. The number of hydrogen-bond donors (Lipinski definition) is 1. The fraction of sp³-hybridized carbons (Fsp3) is 0.429. The van der Waals surface area contributed by atoms with Crippen LogP contribution in [-0.2, 0) is 17.8 Å². The molecule has 1 aromatic carbocycles. The lowest BCUT2D eigenvalue weighted by Crippen LogP contribution is -2.41. The zero-order valence-corrected chi connectivity index (χ0v) is 16.7. The Morgan fingerprint density at radius 2 is 2.21 bits per heavy atom. The summed E-state index contributed by atoms with van der Waals surface area (Å²) in [5.74, 6) is 1.50. The molecule has 2 aromatic rings. The minimum absolute atomic E-state index is 0.227. The zero-order chi connectivity index (χ0) is 19.9. The van der Waals surface area contributed by atoms with E-state index in [1.807, 2.05) is 30.3 Å². The molecule has 0 amide bonds. The van der Waals surface area contributed by atoms with E-state index >= 15 is 0 Å². The lowest BCUT2D eigenvalue weighted by molar-refractivity contribution is 0.0529. The molecule has 2 heterocycles. The van der Waals surface area contributed by atoms with Crippen LogP contribution in [0.15, 0.2) is 47.6 Å². The molecule has 1 aromatic heterocycles. The van der Waals surface area contributed by atoms with E-state index < -0.39 is 0 Å². The van der Waals surface area contributed by atoms with Gasteiger partial charge in [0.15, 0.2) is 5.96 Å². The van der Waals surface area contributed by atoms with E-state index in [1.54, 1.807) is 19.2 Å². The standard InChI is InChI=1S/C21H28FN5O/c1-16-14-27(9-10-28-16)20-8-7-18(12-24-20)13-25-21(23-2)26(3)15-17-5-4-6-19(22)11-17/h4-8,11-12,16H,9-10,13-15H2,1-3H3,(H,23,25). The largest absolute Gasteiger partial charge is 0.375 e. The molecule has 0 saturated carbocycles. The van der Waals surface area contributed by atoms with Crippen molar-refractivity contribution < 1.29 is 9.13 Å². The van der Waals surface area contributed by atoms with Gasteiger partial charge in [0.05, 0.1) is 12.7 Å². The number of aliphatic imine (C=N–C) groups is 1. The molecule has 28 heavy (non-hydrogen) atoms. The average Bonchev–Trinajstić information content (AvgIpc) is 2.69. The third-order valence-corrected chi connectivity index (χ3v) is 4.71. The number of guanidine groups is 1. The Bertz CT molecular complexity index is 796. The third kappa shape index (κ3) is 5.42. The van der Waals surface area contributed by atoms with Gasteiger partial charge in [0.25, 0.3) is 0 Å². The molecule has 1 fully saturated rings. The van der Waals surface area contributed by atoms with E-state index in [0.717, 1.165) is 42.6 Å². The van der Waals surface area contributed by atoms with Crippen LogP contribution in [0.3, 0.4) is 0 Å². The zero-order valence-electron chi connectivity index (χ0n) is 16.7. The number of anilines is 1. The maximum atomic E-state index is 13.4. The quantitative estimate of drug-likeness (QED) is 0.634. The number of benzene rings is 1. The van der Waals surface area contributed by atoms with Crippen molar-refractivity contribution in [2.24, 2.45) is 4.99 Å². The van der Waals surface area contributed by atoms with Crippen molar-refractivity contribution in [3.63, 3.8) is 0 Å². The predicted octanol–water partition coefficient (Wildman–Crippen LogP) is 2.65. The van der Waals surface area contributed by atoms with Gasteiger partial charge in [-0.15, -0.1) is 0 Å². The molecule has 6 nitrogen and oxygen atoms in total. The maximum Gasteiger partial charge on any atom is 0.193 e. The topological polar surface area (TPSA) is 53.0 Å². The fourth-order valence-electron chi connectivity index (χ4n) is 3.28. The minimum Gasteiger partial charge on any atom is -0.375 e. The number of ether oxygens (including phenoxy) is 1. The number of rotatable bonds is 5. The number of halogens is 1. The van der Waals surface area contributed by atoms with Crippen LogP contribution < -0.4 is 10.2 Å². The van der Waals surface area contributed by atoms with Crippen LogP contribution in [0.25, 0.3) is 0 Å². The summed E-state index contributed by atoms with van der Waals surface area (Å²) in [7, 11) is 3.67. The van der Waals surface area contributed by atoms with Gasteiger partial charge < -0.3 is 19.9 Å². The van der Waals surface area contributed by atoms with Gasteiger partial charge in [0.1, 0.15) is 11.6 Å². The summed E-state index contributed by atoms with van der Waals surface area (Å²) < 4.78 is 19.0. The van der Waals surface area contributed by atoms with Gasteiger partial charge in [-0.05, 0) is 36.2 Å². The number of nitrogens with zero attached hydrogens (tertiary/aromatic N) is 4. The molecule has 7 heteroatoms. The molecule has 1 aliphatic heterocycles. The molecule has 0 spiro atoms. The van der Waals surface area contributed by atoms with E-state index in [1.165, 1.54) is 6.07 Å². The highest BCUT2D eigenvalue weighted by molar-refractivity contribution is 5.79. The van der Waals surface area contributed by atoms with Crippen LogP contribution in [0, 0.1) is 5.82 Å². The molecule has 0 radical (unpaired) electrons. The van der Waals surface area contributed by atoms with Crippen LogP contribution >= 0.6 is 0 Å². The van der Waals surface area contributed by atoms with Crippen LogP contribution in [-0.4, -0.2) is 55.7 Å². The van der Waals surface area contributed by atoms with Crippen molar-refractivity contribution in [3.05, 3.63) is 59.5 Å². The predicted molar refractivity (Wildman–Crippen MR) is 110 cm³/mol. The fourth-order valence-corrected chi connectivity index (χ4v) is 3.28. The van der Waals surface area contributed by atoms with E-state index in [4.69, 9.17) is 4.74 Å². The first kappa shape index (κ1) is 20.1. The van der Waals surface area contributed by atoms with Gasteiger partial charge in [-0.25, -0.2) is 9.37 Å². The summed E-state index contributed by atoms with van der Waals surface area (Å²) in [5.41, 5.74) is 1.97. The first-order valence-corrected chi connectivity index (χ1v) is 9.53. The summed E-state index contributed by atoms with van der Waals surface area (Å²) in [6.07, 6.45) is 2.12. The molecule has 1 aliphatic rings. The molecular formula is C21H28FN5O. The van der Waals surface area contributed by atoms with Crippen molar-refractivity contribution in [1.29, 1.82) is 0 Å². The molecule has 1 saturated heterocycles. The molecule has 1 atom stereocenters. The minimum atomic E-state index is -0.227. The molecule has 0 aliphatic carbocycles. The van der Waals surface area contributed by atoms with E-state index in [0.29, 0.717) is 13.1 Å². The van der Waals surface area contributed by atoms with E-state index in [-0.39, 0.29) is 11.9 Å². The molecule has 1 unspecified atom stereocenters. The van der Waals surface area contributed by atoms with E-state index in [2.05, 4.69) is 33.2 Å². The Kier molecular flexibility index (Phi) is 6.81. The Morgan fingerprint density at radius 1 is 1.36 bits per heavy atom. The Morgan fingerprint density at radius 3 is 2.89 bits per heavy atom. The lowest BCUT2D eigenvalue weighted by atomic mass is 10.2. The van der Waals surface area contributed by atoms with Gasteiger partial charge >= 0.3 is 0 Å². The van der Waals surface area contributed by atoms with Gasteiger partial charge in [-0.3, -0.25) is 4.99 Å². The SMILES string of the molecule is CN=C(NCc1ccc(N2CCOC(C)C2)nc1)N(C)Cc1cccc(F)c1. The molecule has 3 rings (SSSR count). The summed E-state index contributed by atoms with van der Waals surface area (Å²) in [6.45, 7) is 5.74. The maximum absolute atomic E-state index is 13.4. The van der Waals surface area contributed by atoms with Gasteiger partial charge in [-0.2, -0.15) is 0 Å². The monoisotopic (exact) mass is 385 g/mol. The first-order valence-electron chi connectivity index (χ1n) is 9.53. The molecule has 1 N–H and O–H groups in total. The molecular weight excluding hydrogens is 357 g/mol. The van der Waals surface area contributed by atoms with E-state index in [9.17, 15) is 4.39 Å². The Balaban J connectivity index is 1.54. The second kappa shape index (κ2) is 9.50. The summed E-state index contributed by atoms with van der Waals surface area (Å²) in [5, 5.41) is 3.33. The second-order valence-electron chi connectivity index (χ2n) is 7.04. The molecule has 0 bridgehead atoms. The highest BCUT2D eigenvalue weighted by atomic mass is 19.1. The van der Waals surface area contributed by atoms with Crippen LogP contribution in [0.2, 0.25) is 0 Å². The van der Waals surface area contributed by atoms with Crippen molar-refractivity contribution in [2.75, 3.05) is 38.7 Å². The van der Waals surface area contributed by atoms with Crippen LogP contribution in [0.1, 0.15) is 18.1 Å². The van der Waals surface area contributed by atoms with Gasteiger partial charge in [0, 0.05) is 46.5 Å². The van der Waals surface area contributed by atoms with Crippen LogP contribution in [0.5, 0.6) is 0 Å². The van der Waals surface area contributed by atoms with Crippen molar-refractivity contribution in [2.45, 2.75) is 26.1 Å². The number of aromatic nitrogens is 1. The highest BCUT2D eigenvalue weighted by Gasteiger charge is 2.17. The van der Waals surface area contributed by atoms with Gasteiger partial charge in [-0.1, -0.05) is 18.2 Å². The molecule has 150 valence electrons. The van der Waals surface area contributed by atoms with Crippen molar-refractivity contribution in [1.82, 2.24) is 15.2 Å². The summed E-state index contributed by atoms with van der Waals surface area (Å²) in [4.78, 5) is 13.1. The first-order chi connectivity index (χ1) is 13.5. The van der Waals surface area contributed by atoms with Crippen molar-refractivity contribution in [3.8, 4) is 0 Å². The van der Waals surface area contributed by atoms with Crippen molar-refractivity contribution >= 4 is 11.8 Å². The smallest absolute Gasteiger partial charge is 0.193 e. The summed E-state index contributed by atoms with van der Waals surface area (Å²) >= 11 is 0. The number of nitrogens with one attached hydrogen (secondary N) is 1. The second-order valence-corrected chi connectivity index (χ2v) is 7.04. The highest BCUT2D eigenvalue weighted by Crippen LogP contribution is 2.15. The Labute approximate surface area is 166 Å².